The van der Waals surface area contributed by atoms with Crippen LogP contribution in [-0.2, 0) is 28.4 Å². The van der Waals surface area contributed by atoms with E-state index in [1.54, 1.807) is 17.0 Å². The lowest BCUT2D eigenvalue weighted by atomic mass is 9.96. The number of aliphatic hydroxyl groups is 1. The fourth-order valence-corrected chi connectivity index (χ4v) is 6.99. The number of aryl methyl sites for hydroxylation is 1. The number of sulfonamides is 1. The Balaban J connectivity index is 1.58. The van der Waals surface area contributed by atoms with E-state index in [4.69, 9.17) is 9.47 Å². The first kappa shape index (κ1) is 30.7. The summed E-state index contributed by atoms with van der Waals surface area (Å²) in [6, 6.07) is 21.6. The molecular formula is C33H39N3O6S. The first-order valence-corrected chi connectivity index (χ1v) is 15.8. The maximum atomic E-state index is 14.5. The van der Waals surface area contributed by atoms with Gasteiger partial charge in [0.05, 0.1) is 37.4 Å². The maximum absolute atomic E-state index is 14.5. The number of nitrogens with zero attached hydrogens (tertiary/aromatic N) is 3. The van der Waals surface area contributed by atoms with E-state index in [1.165, 1.54) is 30.6 Å². The van der Waals surface area contributed by atoms with Gasteiger partial charge >= 0.3 is 0 Å². The van der Waals surface area contributed by atoms with Gasteiger partial charge in [0.25, 0.3) is 5.91 Å². The fraction of sp³-hybridized carbons (Fsp3) is 0.364. The van der Waals surface area contributed by atoms with Crippen LogP contribution in [0.5, 0.6) is 5.75 Å². The summed E-state index contributed by atoms with van der Waals surface area (Å²) >= 11 is 0. The number of aliphatic hydroxyl groups excluding tert-OH is 1. The van der Waals surface area contributed by atoms with Crippen molar-refractivity contribution in [3.05, 3.63) is 84.1 Å². The number of hydrogen-bond donors (Lipinski definition) is 1. The maximum Gasteiger partial charge on any atom is 0.271 e. The summed E-state index contributed by atoms with van der Waals surface area (Å²) in [6.45, 7) is 4.12. The average molecular weight is 606 g/mol. The van der Waals surface area contributed by atoms with Gasteiger partial charge in [0.2, 0.25) is 10.0 Å². The molecule has 10 heteroatoms. The first-order chi connectivity index (χ1) is 20.6. The third-order valence-corrected chi connectivity index (χ3v) is 10.3. The molecular weight excluding hydrogens is 566 g/mol. The summed E-state index contributed by atoms with van der Waals surface area (Å²) < 4.78 is 42.0. The van der Waals surface area contributed by atoms with Crippen LogP contribution in [0.1, 0.15) is 29.9 Å². The van der Waals surface area contributed by atoms with Crippen molar-refractivity contribution in [1.82, 2.24) is 13.8 Å². The molecule has 3 atom stereocenters. The van der Waals surface area contributed by atoms with Gasteiger partial charge in [-0.2, -0.15) is 4.31 Å². The summed E-state index contributed by atoms with van der Waals surface area (Å²) in [5.74, 6) is 0.101. The Kier molecular flexibility index (Phi) is 8.94. The third kappa shape index (κ3) is 5.80. The van der Waals surface area contributed by atoms with Crippen molar-refractivity contribution in [2.75, 3.05) is 33.9 Å². The number of rotatable bonds is 7. The Morgan fingerprint density at radius 3 is 2.44 bits per heavy atom. The minimum absolute atomic E-state index is 0.0725. The van der Waals surface area contributed by atoms with Crippen molar-refractivity contribution in [2.24, 2.45) is 13.0 Å². The zero-order chi connectivity index (χ0) is 30.9. The van der Waals surface area contributed by atoms with Gasteiger partial charge in [-0.1, -0.05) is 49.4 Å². The Bertz CT molecular complexity index is 1720. The summed E-state index contributed by atoms with van der Waals surface area (Å²) in [4.78, 5) is 16.3. The van der Waals surface area contributed by atoms with Crippen LogP contribution in [0.25, 0.3) is 22.0 Å². The van der Waals surface area contributed by atoms with Crippen LogP contribution < -0.4 is 4.74 Å². The smallest absolute Gasteiger partial charge is 0.271 e. The molecule has 0 unspecified atom stereocenters. The lowest BCUT2D eigenvalue weighted by Crippen LogP contribution is -2.48. The molecule has 0 bridgehead atoms. The van der Waals surface area contributed by atoms with E-state index in [0.29, 0.717) is 11.4 Å². The molecule has 0 radical (unpaired) electrons. The summed E-state index contributed by atoms with van der Waals surface area (Å²) in [7, 11) is 1.13. The van der Waals surface area contributed by atoms with Gasteiger partial charge in [-0.15, -0.1) is 0 Å². The van der Waals surface area contributed by atoms with Gasteiger partial charge in [0.15, 0.2) is 0 Å². The molecule has 9 nitrogen and oxygen atoms in total. The molecule has 1 aliphatic rings. The van der Waals surface area contributed by atoms with Crippen molar-refractivity contribution in [1.29, 1.82) is 0 Å². The summed E-state index contributed by atoms with van der Waals surface area (Å²) in [5.41, 5.74) is 4.07. The zero-order valence-electron chi connectivity index (χ0n) is 25.2. The molecule has 2 heterocycles. The number of amides is 1. The van der Waals surface area contributed by atoms with E-state index >= 15 is 0 Å². The van der Waals surface area contributed by atoms with Gasteiger partial charge in [0, 0.05) is 49.6 Å². The van der Waals surface area contributed by atoms with E-state index in [-0.39, 0.29) is 43.0 Å². The van der Waals surface area contributed by atoms with E-state index in [0.717, 1.165) is 27.6 Å². The van der Waals surface area contributed by atoms with Crippen molar-refractivity contribution >= 4 is 26.8 Å². The second-order valence-electron chi connectivity index (χ2n) is 11.2. The molecule has 0 fully saturated rings. The Hall–Kier alpha value is -3.70. The largest absolute Gasteiger partial charge is 0.497 e. The molecule has 1 amide bonds. The topological polar surface area (TPSA) is 101 Å². The number of carbonyl (C=O) groups excluding carboxylic acids is 1. The average Bonchev–Trinajstić information content (AvgIpc) is 3.31. The highest BCUT2D eigenvalue weighted by Crippen LogP contribution is 2.38. The van der Waals surface area contributed by atoms with Gasteiger partial charge in [-0.05, 0) is 48.4 Å². The molecule has 228 valence electrons. The third-order valence-electron chi connectivity index (χ3n) is 8.43. The van der Waals surface area contributed by atoms with Crippen molar-refractivity contribution in [3.63, 3.8) is 0 Å². The molecule has 4 aromatic rings. The Morgan fingerprint density at radius 1 is 1.07 bits per heavy atom. The van der Waals surface area contributed by atoms with E-state index < -0.39 is 22.2 Å². The van der Waals surface area contributed by atoms with Crippen LogP contribution in [0.3, 0.4) is 0 Å². The van der Waals surface area contributed by atoms with Crippen LogP contribution in [0.4, 0.5) is 0 Å². The zero-order valence-corrected chi connectivity index (χ0v) is 26.0. The summed E-state index contributed by atoms with van der Waals surface area (Å²) in [5, 5.41) is 11.2. The van der Waals surface area contributed by atoms with Crippen molar-refractivity contribution in [2.45, 2.75) is 37.5 Å². The van der Waals surface area contributed by atoms with Gasteiger partial charge < -0.3 is 24.0 Å². The monoisotopic (exact) mass is 605 g/mol. The molecule has 0 saturated heterocycles. The van der Waals surface area contributed by atoms with Crippen LogP contribution in [0, 0.1) is 5.92 Å². The van der Waals surface area contributed by atoms with Crippen LogP contribution in [0.2, 0.25) is 0 Å². The molecule has 1 aromatic heterocycles. The molecule has 5 rings (SSSR count). The van der Waals surface area contributed by atoms with Gasteiger partial charge in [0.1, 0.15) is 11.4 Å². The first-order valence-electron chi connectivity index (χ1n) is 14.4. The number of fused-ring (bicyclic) bond motifs is 5. The number of carbonyl (C=O) groups is 1. The number of likely N-dealkylation sites (N-methyl/N-ethyl adjacent to an activating group) is 1. The Labute approximate surface area is 253 Å². The quantitative estimate of drug-likeness (QED) is 0.332. The predicted molar refractivity (Wildman–Crippen MR) is 166 cm³/mol. The van der Waals surface area contributed by atoms with Gasteiger partial charge in [-0.25, -0.2) is 8.42 Å². The second-order valence-corrected chi connectivity index (χ2v) is 13.3. The van der Waals surface area contributed by atoms with E-state index in [9.17, 15) is 18.3 Å². The van der Waals surface area contributed by atoms with E-state index in [1.807, 2.05) is 74.0 Å². The highest BCUT2D eigenvalue weighted by molar-refractivity contribution is 7.89. The molecule has 0 spiro atoms. The number of methoxy groups -OCH3 is 1. The van der Waals surface area contributed by atoms with Gasteiger partial charge in [-0.3, -0.25) is 4.79 Å². The SMILES string of the molecule is COc1ccc(S(=O)(=O)N(C)C[C@H]2OCc3ccccc3-c3c(n(C)c4ccccc34)C(=O)N([C@H](C)CO)C[C@@H]2C)cc1. The Morgan fingerprint density at radius 2 is 1.74 bits per heavy atom. The minimum atomic E-state index is -3.83. The van der Waals surface area contributed by atoms with Crippen LogP contribution >= 0.6 is 0 Å². The molecule has 43 heavy (non-hydrogen) atoms. The molecule has 1 aliphatic heterocycles. The number of hydrogen-bond acceptors (Lipinski definition) is 6. The molecule has 1 N–H and O–H groups in total. The molecule has 0 aliphatic carbocycles. The highest BCUT2D eigenvalue weighted by atomic mass is 32.2. The van der Waals surface area contributed by atoms with E-state index in [2.05, 4.69) is 0 Å². The number of aromatic nitrogens is 1. The van der Waals surface area contributed by atoms with Crippen molar-refractivity contribution < 1.29 is 27.8 Å². The van der Waals surface area contributed by atoms with Crippen LogP contribution in [-0.4, -0.2) is 79.2 Å². The lowest BCUT2D eigenvalue weighted by molar-refractivity contribution is -0.0147. The second kappa shape index (κ2) is 12.5. The van der Waals surface area contributed by atoms with Crippen molar-refractivity contribution in [3.8, 4) is 16.9 Å². The predicted octanol–water partition coefficient (Wildman–Crippen LogP) is 4.53. The number of para-hydroxylation sites is 1. The summed E-state index contributed by atoms with van der Waals surface area (Å²) in [6.07, 6.45) is -0.551. The molecule has 3 aromatic carbocycles. The number of ether oxygens (including phenoxy) is 2. The van der Waals surface area contributed by atoms with Crippen LogP contribution in [0.15, 0.2) is 77.7 Å². The minimum Gasteiger partial charge on any atom is -0.497 e. The normalized spacial score (nSPS) is 18.7. The number of benzene rings is 3. The molecule has 0 saturated carbocycles. The lowest BCUT2D eigenvalue weighted by Gasteiger charge is -2.35. The highest BCUT2D eigenvalue weighted by Gasteiger charge is 2.34. The fourth-order valence-electron chi connectivity index (χ4n) is 5.80. The standard InChI is InChI=1S/C33H39N3O6S/c1-22-18-36(23(2)20-37)33(38)32-31(28-12-8-9-13-29(28)35(32)4)27-11-7-6-10-24(27)21-42-30(22)19-34(3)43(39,40)26-16-14-25(41-5)15-17-26/h6-17,22-23,30,37H,18-21H2,1-5H3/t22-,23+,30+/m0/s1.